The number of carbonyl (C=O) groups excluding carboxylic acids is 1. The molecule has 0 spiro atoms. The van der Waals surface area contributed by atoms with E-state index < -0.39 is 16.1 Å². The van der Waals surface area contributed by atoms with Gasteiger partial charge in [0.1, 0.15) is 18.1 Å². The maximum atomic E-state index is 12.4. The van der Waals surface area contributed by atoms with E-state index in [-0.39, 0.29) is 17.4 Å². The van der Waals surface area contributed by atoms with Gasteiger partial charge < -0.3 is 14.8 Å². The largest absolute Gasteiger partial charge is 0.492 e. The topological polar surface area (TPSA) is 84.9 Å². The van der Waals surface area contributed by atoms with Crippen molar-refractivity contribution in [2.24, 2.45) is 0 Å². The minimum atomic E-state index is -3.47. The Morgan fingerprint density at radius 1 is 1.03 bits per heavy atom. The Labute approximate surface area is 179 Å². The summed E-state index contributed by atoms with van der Waals surface area (Å²) in [6, 6.07) is 12.0. The number of ether oxygens (including phenoxy) is 2. The van der Waals surface area contributed by atoms with Gasteiger partial charge in [-0.05, 0) is 67.8 Å². The van der Waals surface area contributed by atoms with Crippen LogP contribution in [-0.4, -0.2) is 52.0 Å². The zero-order valence-electron chi connectivity index (χ0n) is 18.1. The maximum absolute atomic E-state index is 12.4. The van der Waals surface area contributed by atoms with E-state index in [0.717, 1.165) is 15.4 Å². The molecule has 0 saturated carbocycles. The van der Waals surface area contributed by atoms with E-state index in [0.29, 0.717) is 24.5 Å². The van der Waals surface area contributed by atoms with Crippen molar-refractivity contribution in [3.63, 3.8) is 0 Å². The van der Waals surface area contributed by atoms with Gasteiger partial charge in [-0.2, -0.15) is 0 Å². The second-order valence-corrected chi connectivity index (χ2v) is 9.39. The van der Waals surface area contributed by atoms with Crippen LogP contribution in [0.2, 0.25) is 0 Å². The Bertz CT molecular complexity index is 936. The van der Waals surface area contributed by atoms with Crippen LogP contribution in [0.15, 0.2) is 47.4 Å². The van der Waals surface area contributed by atoms with Crippen molar-refractivity contribution in [3.05, 3.63) is 53.6 Å². The van der Waals surface area contributed by atoms with Crippen LogP contribution in [-0.2, 0) is 14.8 Å². The van der Waals surface area contributed by atoms with E-state index in [1.165, 1.54) is 26.2 Å². The third kappa shape index (κ3) is 6.47. The van der Waals surface area contributed by atoms with E-state index in [1.807, 2.05) is 39.0 Å². The lowest BCUT2D eigenvalue weighted by Gasteiger charge is -2.18. The highest BCUT2D eigenvalue weighted by Crippen LogP contribution is 2.19. The van der Waals surface area contributed by atoms with Crippen LogP contribution in [0.4, 0.5) is 0 Å². The molecule has 0 aromatic heterocycles. The van der Waals surface area contributed by atoms with Crippen molar-refractivity contribution in [1.29, 1.82) is 0 Å². The fourth-order valence-corrected chi connectivity index (χ4v) is 3.76. The van der Waals surface area contributed by atoms with Crippen LogP contribution >= 0.6 is 0 Å². The third-order valence-corrected chi connectivity index (χ3v) is 6.24. The average molecular weight is 435 g/mol. The molecule has 2 aromatic rings. The second-order valence-electron chi connectivity index (χ2n) is 7.24. The molecule has 2 aromatic carbocycles. The van der Waals surface area contributed by atoms with Gasteiger partial charge in [0.15, 0.2) is 6.10 Å². The molecule has 2 rings (SSSR count). The molecule has 0 unspecified atom stereocenters. The summed E-state index contributed by atoms with van der Waals surface area (Å²) in [6.45, 7) is 6.43. The number of nitrogens with zero attached hydrogens (tertiary/aromatic N) is 1. The van der Waals surface area contributed by atoms with Crippen molar-refractivity contribution < 1.29 is 22.7 Å². The molecule has 164 valence electrons. The molecule has 0 aliphatic heterocycles. The molecule has 0 heterocycles. The van der Waals surface area contributed by atoms with E-state index in [9.17, 15) is 13.2 Å². The minimum absolute atomic E-state index is 0.197. The van der Waals surface area contributed by atoms with E-state index in [4.69, 9.17) is 9.47 Å². The van der Waals surface area contributed by atoms with E-state index in [1.54, 1.807) is 12.1 Å². The fraction of sp³-hybridized carbons (Fsp3) is 0.409. The van der Waals surface area contributed by atoms with Gasteiger partial charge in [0.25, 0.3) is 5.91 Å². The molecule has 1 amide bonds. The third-order valence-electron chi connectivity index (χ3n) is 4.41. The second kappa shape index (κ2) is 10.4. The van der Waals surface area contributed by atoms with E-state index in [2.05, 4.69) is 5.32 Å². The van der Waals surface area contributed by atoms with Gasteiger partial charge in [0, 0.05) is 14.1 Å². The molecule has 0 saturated heterocycles. The van der Waals surface area contributed by atoms with Crippen LogP contribution in [0, 0.1) is 13.8 Å². The van der Waals surface area contributed by atoms with Gasteiger partial charge in [-0.1, -0.05) is 13.0 Å². The quantitative estimate of drug-likeness (QED) is 0.581. The first-order valence-corrected chi connectivity index (χ1v) is 11.3. The summed E-state index contributed by atoms with van der Waals surface area (Å²) in [5, 5.41) is 2.81. The standard InChI is InChI=1S/C22H30N2O5S/c1-6-21(29-19-14-16(2)13-17(3)15-19)22(25)23-11-12-28-18-7-9-20(10-8-18)30(26,27)24(4)5/h7-10,13-15,21H,6,11-12H2,1-5H3,(H,23,25)/t21-/m0/s1. The predicted octanol–water partition coefficient (Wildman–Crippen LogP) is 2.91. The van der Waals surface area contributed by atoms with Crippen LogP contribution < -0.4 is 14.8 Å². The first kappa shape index (κ1) is 23.7. The number of nitrogens with one attached hydrogen (secondary N) is 1. The molecule has 7 nitrogen and oxygen atoms in total. The van der Waals surface area contributed by atoms with Crippen LogP contribution in [0.5, 0.6) is 11.5 Å². The molecule has 0 fully saturated rings. The summed E-state index contributed by atoms with van der Waals surface area (Å²) in [5.74, 6) is 1.01. The number of sulfonamides is 1. The maximum Gasteiger partial charge on any atom is 0.261 e. The molecule has 1 atom stereocenters. The summed E-state index contributed by atoms with van der Waals surface area (Å²) >= 11 is 0. The number of hydrogen-bond acceptors (Lipinski definition) is 5. The summed E-state index contributed by atoms with van der Waals surface area (Å²) in [4.78, 5) is 12.6. The normalized spacial score (nSPS) is 12.5. The van der Waals surface area contributed by atoms with Crippen molar-refractivity contribution in [3.8, 4) is 11.5 Å². The number of aryl methyl sites for hydroxylation is 2. The van der Waals surface area contributed by atoms with Crippen LogP contribution in [0.25, 0.3) is 0 Å². The smallest absolute Gasteiger partial charge is 0.261 e. The number of benzene rings is 2. The zero-order chi connectivity index (χ0) is 22.3. The Hall–Kier alpha value is -2.58. The number of rotatable bonds is 10. The van der Waals surface area contributed by atoms with Crippen molar-refractivity contribution in [2.75, 3.05) is 27.2 Å². The highest BCUT2D eigenvalue weighted by Gasteiger charge is 2.19. The van der Waals surface area contributed by atoms with Crippen LogP contribution in [0.1, 0.15) is 24.5 Å². The first-order valence-electron chi connectivity index (χ1n) is 9.81. The van der Waals surface area contributed by atoms with Gasteiger partial charge in [-0.25, -0.2) is 12.7 Å². The highest BCUT2D eigenvalue weighted by atomic mass is 32.2. The molecular formula is C22H30N2O5S. The minimum Gasteiger partial charge on any atom is -0.492 e. The lowest BCUT2D eigenvalue weighted by molar-refractivity contribution is -0.128. The summed E-state index contributed by atoms with van der Waals surface area (Å²) < 4.78 is 36.7. The van der Waals surface area contributed by atoms with Crippen molar-refractivity contribution in [2.45, 2.75) is 38.2 Å². The Kier molecular flexibility index (Phi) is 8.25. The lowest BCUT2D eigenvalue weighted by atomic mass is 10.1. The molecule has 0 radical (unpaired) electrons. The molecule has 0 bridgehead atoms. The zero-order valence-corrected chi connectivity index (χ0v) is 19.0. The van der Waals surface area contributed by atoms with Crippen molar-refractivity contribution in [1.82, 2.24) is 9.62 Å². The Morgan fingerprint density at radius 3 is 2.17 bits per heavy atom. The Morgan fingerprint density at radius 2 is 1.63 bits per heavy atom. The van der Waals surface area contributed by atoms with Gasteiger partial charge in [-0.15, -0.1) is 0 Å². The monoisotopic (exact) mass is 434 g/mol. The summed E-state index contributed by atoms with van der Waals surface area (Å²) in [5.41, 5.74) is 2.16. The number of carbonyl (C=O) groups is 1. The number of hydrogen-bond donors (Lipinski definition) is 1. The van der Waals surface area contributed by atoms with Gasteiger partial charge in [0.2, 0.25) is 10.0 Å². The first-order chi connectivity index (χ1) is 14.1. The van der Waals surface area contributed by atoms with Crippen LogP contribution in [0.3, 0.4) is 0 Å². The lowest BCUT2D eigenvalue weighted by Crippen LogP contribution is -2.39. The fourth-order valence-electron chi connectivity index (χ4n) is 2.86. The van der Waals surface area contributed by atoms with E-state index >= 15 is 0 Å². The predicted molar refractivity (Wildman–Crippen MR) is 116 cm³/mol. The molecular weight excluding hydrogens is 404 g/mol. The van der Waals surface area contributed by atoms with Crippen molar-refractivity contribution >= 4 is 15.9 Å². The van der Waals surface area contributed by atoms with Gasteiger partial charge in [0.05, 0.1) is 11.4 Å². The Balaban J connectivity index is 1.83. The molecule has 1 N–H and O–H groups in total. The molecule has 8 heteroatoms. The molecule has 0 aliphatic rings. The highest BCUT2D eigenvalue weighted by molar-refractivity contribution is 7.89. The summed E-state index contributed by atoms with van der Waals surface area (Å²) in [7, 11) is -0.503. The SMILES string of the molecule is CC[C@H](Oc1cc(C)cc(C)c1)C(=O)NCCOc1ccc(S(=O)(=O)N(C)C)cc1. The average Bonchev–Trinajstić information content (AvgIpc) is 2.68. The molecule has 30 heavy (non-hydrogen) atoms. The number of amides is 1. The van der Waals surface area contributed by atoms with Gasteiger partial charge >= 0.3 is 0 Å². The summed E-state index contributed by atoms with van der Waals surface area (Å²) in [6.07, 6.45) is -0.0386. The van der Waals surface area contributed by atoms with Gasteiger partial charge in [-0.3, -0.25) is 4.79 Å². The molecule has 0 aliphatic carbocycles.